The van der Waals surface area contributed by atoms with Crippen LogP contribution in [0.4, 0.5) is 4.39 Å². The first kappa shape index (κ1) is 16.8. The SMILES string of the molecule is Fc1ccc(C2(NCCOC[C@@H]3CCCO3)CCOCC2)cc1. The lowest BCUT2D eigenvalue weighted by molar-refractivity contribution is 0.00881. The molecular formula is C18H26FNO3. The van der Waals surface area contributed by atoms with Crippen LogP contribution in [0.2, 0.25) is 0 Å². The molecule has 1 aromatic rings. The summed E-state index contributed by atoms with van der Waals surface area (Å²) in [6, 6.07) is 6.81. The summed E-state index contributed by atoms with van der Waals surface area (Å²) in [6.07, 6.45) is 4.29. The van der Waals surface area contributed by atoms with Crippen LogP contribution in [-0.4, -0.2) is 45.7 Å². The Hall–Kier alpha value is -1.01. The summed E-state index contributed by atoms with van der Waals surface area (Å²) in [5.41, 5.74) is 0.987. The molecule has 0 bridgehead atoms. The van der Waals surface area contributed by atoms with Gasteiger partial charge in [-0.25, -0.2) is 4.39 Å². The molecule has 2 aliphatic heterocycles. The van der Waals surface area contributed by atoms with E-state index in [-0.39, 0.29) is 17.5 Å². The molecule has 128 valence electrons. The molecule has 4 nitrogen and oxygen atoms in total. The van der Waals surface area contributed by atoms with Gasteiger partial charge in [-0.15, -0.1) is 0 Å². The summed E-state index contributed by atoms with van der Waals surface area (Å²) >= 11 is 0. The standard InChI is InChI=1S/C18H26FNO3/c19-16-5-3-15(4-6-16)18(7-11-21-12-8-18)20-9-13-22-14-17-2-1-10-23-17/h3-6,17,20H,1-2,7-14H2/t17-/m0/s1. The summed E-state index contributed by atoms with van der Waals surface area (Å²) in [6.45, 7) is 4.41. The highest BCUT2D eigenvalue weighted by Gasteiger charge is 2.33. The molecule has 23 heavy (non-hydrogen) atoms. The first-order valence-corrected chi connectivity index (χ1v) is 8.57. The fourth-order valence-corrected chi connectivity index (χ4v) is 3.41. The lowest BCUT2D eigenvalue weighted by Crippen LogP contribution is -2.48. The molecule has 0 aliphatic carbocycles. The maximum absolute atomic E-state index is 13.2. The van der Waals surface area contributed by atoms with Crippen LogP contribution in [0.25, 0.3) is 0 Å². The van der Waals surface area contributed by atoms with Gasteiger partial charge in [-0.3, -0.25) is 0 Å². The molecule has 0 saturated carbocycles. The minimum Gasteiger partial charge on any atom is -0.381 e. The van der Waals surface area contributed by atoms with Gasteiger partial charge in [-0.2, -0.15) is 0 Å². The van der Waals surface area contributed by atoms with Crippen LogP contribution in [0.15, 0.2) is 24.3 Å². The van der Waals surface area contributed by atoms with Crippen molar-refractivity contribution in [3.05, 3.63) is 35.6 Å². The van der Waals surface area contributed by atoms with E-state index in [4.69, 9.17) is 14.2 Å². The summed E-state index contributed by atoms with van der Waals surface area (Å²) < 4.78 is 30.0. The van der Waals surface area contributed by atoms with Crippen molar-refractivity contribution in [3.8, 4) is 0 Å². The van der Waals surface area contributed by atoms with Crippen molar-refractivity contribution < 1.29 is 18.6 Å². The Morgan fingerprint density at radius 2 is 1.96 bits per heavy atom. The zero-order valence-corrected chi connectivity index (χ0v) is 13.6. The third kappa shape index (κ3) is 4.51. The third-order valence-corrected chi connectivity index (χ3v) is 4.78. The van der Waals surface area contributed by atoms with Crippen molar-refractivity contribution >= 4 is 0 Å². The van der Waals surface area contributed by atoms with Crippen molar-refractivity contribution in [2.45, 2.75) is 37.3 Å². The van der Waals surface area contributed by atoms with Crippen LogP contribution in [0.5, 0.6) is 0 Å². The molecule has 0 aromatic heterocycles. The molecule has 2 aliphatic rings. The smallest absolute Gasteiger partial charge is 0.123 e. The zero-order valence-electron chi connectivity index (χ0n) is 13.6. The molecule has 0 amide bonds. The highest BCUT2D eigenvalue weighted by molar-refractivity contribution is 5.25. The summed E-state index contributed by atoms with van der Waals surface area (Å²) in [4.78, 5) is 0. The summed E-state index contributed by atoms with van der Waals surface area (Å²) in [5, 5.41) is 3.63. The fraction of sp³-hybridized carbons (Fsp3) is 0.667. The van der Waals surface area contributed by atoms with Crippen LogP contribution in [-0.2, 0) is 19.7 Å². The first-order chi connectivity index (χ1) is 11.3. The highest BCUT2D eigenvalue weighted by atomic mass is 19.1. The van der Waals surface area contributed by atoms with Gasteiger partial charge in [0.25, 0.3) is 0 Å². The van der Waals surface area contributed by atoms with Crippen molar-refractivity contribution in [2.24, 2.45) is 0 Å². The molecule has 0 radical (unpaired) electrons. The van der Waals surface area contributed by atoms with E-state index in [1.807, 2.05) is 12.1 Å². The van der Waals surface area contributed by atoms with Gasteiger partial charge in [0, 0.05) is 31.9 Å². The fourth-order valence-electron chi connectivity index (χ4n) is 3.41. The normalized spacial score (nSPS) is 24.0. The lowest BCUT2D eigenvalue weighted by Gasteiger charge is -2.39. The molecular weight excluding hydrogens is 297 g/mol. The largest absolute Gasteiger partial charge is 0.381 e. The zero-order chi connectivity index (χ0) is 16.0. The Labute approximate surface area is 137 Å². The van der Waals surface area contributed by atoms with Crippen molar-refractivity contribution in [3.63, 3.8) is 0 Å². The third-order valence-electron chi connectivity index (χ3n) is 4.78. The van der Waals surface area contributed by atoms with Gasteiger partial charge >= 0.3 is 0 Å². The van der Waals surface area contributed by atoms with Gasteiger partial charge < -0.3 is 19.5 Å². The number of halogens is 1. The molecule has 1 atom stereocenters. The van der Waals surface area contributed by atoms with Crippen LogP contribution < -0.4 is 5.32 Å². The second-order valence-electron chi connectivity index (χ2n) is 6.34. The van der Waals surface area contributed by atoms with Crippen LogP contribution >= 0.6 is 0 Å². The maximum atomic E-state index is 13.2. The van der Waals surface area contributed by atoms with Crippen molar-refractivity contribution in [1.82, 2.24) is 5.32 Å². The van der Waals surface area contributed by atoms with Gasteiger partial charge in [-0.05, 0) is 43.4 Å². The second-order valence-corrected chi connectivity index (χ2v) is 6.34. The molecule has 1 N–H and O–H groups in total. The van der Waals surface area contributed by atoms with Crippen molar-refractivity contribution in [1.29, 1.82) is 0 Å². The minimum atomic E-state index is -0.198. The van der Waals surface area contributed by atoms with Crippen LogP contribution in [0.3, 0.4) is 0 Å². The lowest BCUT2D eigenvalue weighted by atomic mass is 9.82. The van der Waals surface area contributed by atoms with Crippen LogP contribution in [0.1, 0.15) is 31.2 Å². The maximum Gasteiger partial charge on any atom is 0.123 e. The van der Waals surface area contributed by atoms with Gasteiger partial charge in [0.2, 0.25) is 0 Å². The van der Waals surface area contributed by atoms with Crippen LogP contribution in [0, 0.1) is 5.82 Å². The van der Waals surface area contributed by atoms with E-state index < -0.39 is 0 Å². The summed E-state index contributed by atoms with van der Waals surface area (Å²) in [7, 11) is 0. The van der Waals surface area contributed by atoms with Gasteiger partial charge in [0.05, 0.1) is 19.3 Å². The first-order valence-electron chi connectivity index (χ1n) is 8.57. The number of nitrogens with one attached hydrogen (secondary N) is 1. The van der Waals surface area contributed by atoms with Gasteiger partial charge in [-0.1, -0.05) is 12.1 Å². The molecule has 2 saturated heterocycles. The molecule has 5 heteroatoms. The van der Waals surface area contributed by atoms with E-state index in [2.05, 4.69) is 5.32 Å². The molecule has 0 unspecified atom stereocenters. The topological polar surface area (TPSA) is 39.7 Å². The number of rotatable bonds is 7. The molecule has 1 aromatic carbocycles. The average Bonchev–Trinajstić information content (AvgIpc) is 3.09. The Bertz CT molecular complexity index is 468. The number of ether oxygens (including phenoxy) is 3. The minimum absolute atomic E-state index is 0.140. The molecule has 3 rings (SSSR count). The Balaban J connectivity index is 1.51. The van der Waals surface area contributed by atoms with E-state index in [1.54, 1.807) is 0 Å². The molecule has 0 spiro atoms. The van der Waals surface area contributed by atoms with E-state index >= 15 is 0 Å². The van der Waals surface area contributed by atoms with Gasteiger partial charge in [0.15, 0.2) is 0 Å². The highest BCUT2D eigenvalue weighted by Crippen LogP contribution is 2.32. The Kier molecular flexibility index (Phi) is 6.00. The van der Waals surface area contributed by atoms with E-state index in [0.717, 1.165) is 57.6 Å². The second kappa shape index (κ2) is 8.20. The summed E-state index contributed by atoms with van der Waals surface area (Å²) in [5.74, 6) is -0.198. The predicted molar refractivity (Wildman–Crippen MR) is 85.9 cm³/mol. The predicted octanol–water partition coefficient (Wildman–Crippen LogP) is 2.62. The number of hydrogen-bond donors (Lipinski definition) is 1. The Morgan fingerprint density at radius 1 is 1.17 bits per heavy atom. The quantitative estimate of drug-likeness (QED) is 0.783. The number of hydrogen-bond acceptors (Lipinski definition) is 4. The average molecular weight is 323 g/mol. The van der Waals surface area contributed by atoms with E-state index in [9.17, 15) is 4.39 Å². The molecule has 2 fully saturated rings. The van der Waals surface area contributed by atoms with Gasteiger partial charge in [0.1, 0.15) is 5.82 Å². The van der Waals surface area contributed by atoms with Crippen molar-refractivity contribution in [2.75, 3.05) is 39.6 Å². The Morgan fingerprint density at radius 3 is 2.65 bits per heavy atom. The number of benzene rings is 1. The molecule has 2 heterocycles. The van der Waals surface area contributed by atoms with E-state index in [1.165, 1.54) is 12.1 Å². The van der Waals surface area contributed by atoms with E-state index in [0.29, 0.717) is 13.2 Å². The monoisotopic (exact) mass is 323 g/mol.